The first-order chi connectivity index (χ1) is 7.26. The molecule has 0 aromatic heterocycles. The molecule has 1 nitrogen and oxygen atoms in total. The first kappa shape index (κ1) is 12.1. The Morgan fingerprint density at radius 2 is 2.20 bits per heavy atom. The van der Waals surface area contributed by atoms with Crippen LogP contribution in [0.15, 0.2) is 18.2 Å². The van der Waals surface area contributed by atoms with Gasteiger partial charge in [0.15, 0.2) is 0 Å². The van der Waals surface area contributed by atoms with E-state index in [1.165, 1.54) is 12.1 Å². The third kappa shape index (κ3) is 4.37. The van der Waals surface area contributed by atoms with Crippen LogP contribution < -0.4 is 0 Å². The topological polar surface area (TPSA) is 20.2 Å². The van der Waals surface area contributed by atoms with Crippen molar-refractivity contribution in [2.45, 2.75) is 12.2 Å². The van der Waals surface area contributed by atoms with Gasteiger partial charge in [-0.25, -0.2) is 4.39 Å². The molecule has 0 heterocycles. The summed E-state index contributed by atoms with van der Waals surface area (Å²) in [5, 5.41) is 8.56. The average molecular weight is 224 g/mol. The van der Waals surface area contributed by atoms with Crippen LogP contribution >= 0.6 is 11.8 Å². The molecule has 0 amide bonds. The van der Waals surface area contributed by atoms with Crippen molar-refractivity contribution in [2.75, 3.05) is 12.9 Å². The fourth-order valence-electron chi connectivity index (χ4n) is 1.19. The highest BCUT2D eigenvalue weighted by atomic mass is 32.2. The van der Waals surface area contributed by atoms with E-state index < -0.39 is 0 Å². The molecule has 0 spiro atoms. The van der Waals surface area contributed by atoms with E-state index in [1.807, 2.05) is 12.3 Å². The Balaban J connectivity index is 2.85. The third-order valence-electron chi connectivity index (χ3n) is 1.74. The zero-order valence-electron chi connectivity index (χ0n) is 8.59. The molecule has 0 fully saturated rings. The molecule has 1 N–H and O–H groups in total. The minimum absolute atomic E-state index is 0.0417. The quantitative estimate of drug-likeness (QED) is 0.796. The molecule has 0 bridgehead atoms. The monoisotopic (exact) mass is 224 g/mol. The van der Waals surface area contributed by atoms with Crippen LogP contribution in [0.25, 0.3) is 0 Å². The van der Waals surface area contributed by atoms with Gasteiger partial charge in [-0.1, -0.05) is 11.8 Å². The predicted octanol–water partition coefficient (Wildman–Crippen LogP) is 2.42. The molecule has 0 saturated heterocycles. The first-order valence-electron chi connectivity index (χ1n) is 4.64. The van der Waals surface area contributed by atoms with Gasteiger partial charge in [-0.3, -0.25) is 0 Å². The van der Waals surface area contributed by atoms with Gasteiger partial charge in [0, 0.05) is 17.7 Å². The van der Waals surface area contributed by atoms with Crippen molar-refractivity contribution in [1.82, 2.24) is 0 Å². The Morgan fingerprint density at radius 3 is 2.87 bits per heavy atom. The first-order valence-corrected chi connectivity index (χ1v) is 6.04. The van der Waals surface area contributed by atoms with Crippen LogP contribution in [0.3, 0.4) is 0 Å². The second-order valence-corrected chi connectivity index (χ2v) is 3.92. The standard InChI is InChI=1S/C12H13FOS/c1-15-9-11-6-10(4-2-3-5-14)7-12(13)8-11/h6-8,14H,3,5,9H2,1H3. The van der Waals surface area contributed by atoms with Crippen LogP contribution in [0.4, 0.5) is 4.39 Å². The maximum Gasteiger partial charge on any atom is 0.124 e. The lowest BCUT2D eigenvalue weighted by atomic mass is 10.1. The molecule has 15 heavy (non-hydrogen) atoms. The SMILES string of the molecule is CSCc1cc(F)cc(C#CCCO)c1. The lowest BCUT2D eigenvalue weighted by Crippen LogP contribution is -1.86. The molecule has 1 rings (SSSR count). The summed E-state index contributed by atoms with van der Waals surface area (Å²) in [6, 6.07) is 4.81. The Bertz CT molecular complexity index is 379. The minimum atomic E-state index is -0.255. The van der Waals surface area contributed by atoms with Crippen molar-refractivity contribution in [3.05, 3.63) is 35.1 Å². The van der Waals surface area contributed by atoms with Crippen LogP contribution in [0, 0.1) is 17.7 Å². The number of aliphatic hydroxyl groups is 1. The highest BCUT2D eigenvalue weighted by Gasteiger charge is 1.98. The summed E-state index contributed by atoms with van der Waals surface area (Å²) in [4.78, 5) is 0. The summed E-state index contributed by atoms with van der Waals surface area (Å²) in [6.07, 6.45) is 2.40. The number of halogens is 1. The summed E-state index contributed by atoms with van der Waals surface area (Å²) >= 11 is 1.65. The van der Waals surface area contributed by atoms with Gasteiger partial charge < -0.3 is 5.11 Å². The van der Waals surface area contributed by atoms with Crippen molar-refractivity contribution in [1.29, 1.82) is 0 Å². The lowest BCUT2D eigenvalue weighted by Gasteiger charge is -1.99. The Kier molecular flexibility index (Phi) is 5.23. The van der Waals surface area contributed by atoms with Gasteiger partial charge in [0.1, 0.15) is 5.82 Å². The van der Waals surface area contributed by atoms with Gasteiger partial charge in [0.05, 0.1) is 6.61 Å². The summed E-state index contributed by atoms with van der Waals surface area (Å²) in [7, 11) is 0. The molecular weight excluding hydrogens is 211 g/mol. The van der Waals surface area contributed by atoms with E-state index in [0.717, 1.165) is 11.3 Å². The van der Waals surface area contributed by atoms with Crippen molar-refractivity contribution in [3.63, 3.8) is 0 Å². The van der Waals surface area contributed by atoms with E-state index in [0.29, 0.717) is 12.0 Å². The largest absolute Gasteiger partial charge is 0.395 e. The number of hydrogen-bond donors (Lipinski definition) is 1. The van der Waals surface area contributed by atoms with Crippen molar-refractivity contribution in [3.8, 4) is 11.8 Å². The number of rotatable bonds is 3. The molecule has 0 aliphatic heterocycles. The molecule has 0 atom stereocenters. The molecule has 80 valence electrons. The number of benzene rings is 1. The predicted molar refractivity (Wildman–Crippen MR) is 62.2 cm³/mol. The van der Waals surface area contributed by atoms with Gasteiger partial charge in [-0.15, -0.1) is 0 Å². The molecule has 0 saturated carbocycles. The van der Waals surface area contributed by atoms with Gasteiger partial charge >= 0.3 is 0 Å². The third-order valence-corrected chi connectivity index (χ3v) is 2.36. The van der Waals surface area contributed by atoms with Crippen LogP contribution in [0.1, 0.15) is 17.5 Å². The van der Waals surface area contributed by atoms with Gasteiger partial charge in [-0.05, 0) is 30.0 Å². The van der Waals surface area contributed by atoms with E-state index in [9.17, 15) is 4.39 Å². The van der Waals surface area contributed by atoms with E-state index in [1.54, 1.807) is 11.8 Å². The van der Waals surface area contributed by atoms with Crippen molar-refractivity contribution < 1.29 is 9.50 Å². The molecule has 0 unspecified atom stereocenters. The molecule has 1 aromatic carbocycles. The van der Waals surface area contributed by atoms with Crippen LogP contribution in [-0.2, 0) is 5.75 Å². The van der Waals surface area contributed by atoms with Gasteiger partial charge in [0.2, 0.25) is 0 Å². The second kappa shape index (κ2) is 6.49. The van der Waals surface area contributed by atoms with E-state index in [2.05, 4.69) is 11.8 Å². The number of thioether (sulfide) groups is 1. The van der Waals surface area contributed by atoms with E-state index in [-0.39, 0.29) is 12.4 Å². The normalized spacial score (nSPS) is 9.53. The molecule has 3 heteroatoms. The fourth-order valence-corrected chi connectivity index (χ4v) is 1.69. The highest BCUT2D eigenvalue weighted by Crippen LogP contribution is 2.13. The number of aliphatic hydroxyl groups excluding tert-OH is 1. The van der Waals surface area contributed by atoms with Crippen LogP contribution in [0.2, 0.25) is 0 Å². The molecule has 0 aliphatic carbocycles. The van der Waals surface area contributed by atoms with Crippen molar-refractivity contribution >= 4 is 11.8 Å². The van der Waals surface area contributed by atoms with Gasteiger partial charge in [-0.2, -0.15) is 11.8 Å². The maximum atomic E-state index is 13.1. The van der Waals surface area contributed by atoms with Crippen LogP contribution in [0.5, 0.6) is 0 Å². The summed E-state index contributed by atoms with van der Waals surface area (Å²) < 4.78 is 13.1. The molecule has 1 aromatic rings. The summed E-state index contributed by atoms with van der Waals surface area (Å²) in [6.45, 7) is 0.0417. The Morgan fingerprint density at radius 1 is 1.40 bits per heavy atom. The van der Waals surface area contributed by atoms with E-state index in [4.69, 9.17) is 5.11 Å². The minimum Gasteiger partial charge on any atom is -0.395 e. The van der Waals surface area contributed by atoms with E-state index >= 15 is 0 Å². The maximum absolute atomic E-state index is 13.1. The lowest BCUT2D eigenvalue weighted by molar-refractivity contribution is 0.305. The summed E-state index contributed by atoms with van der Waals surface area (Å²) in [5.41, 5.74) is 1.61. The Labute approximate surface area is 93.7 Å². The fraction of sp³-hybridized carbons (Fsp3) is 0.333. The summed E-state index contributed by atoms with van der Waals surface area (Å²) in [5.74, 6) is 6.13. The molecule has 0 radical (unpaired) electrons. The van der Waals surface area contributed by atoms with Gasteiger partial charge in [0.25, 0.3) is 0 Å². The highest BCUT2D eigenvalue weighted by molar-refractivity contribution is 7.97. The van der Waals surface area contributed by atoms with Crippen molar-refractivity contribution in [2.24, 2.45) is 0 Å². The average Bonchev–Trinajstić information content (AvgIpc) is 2.18. The molecule has 0 aliphatic rings. The zero-order chi connectivity index (χ0) is 11.1. The Hall–Kier alpha value is -0.980. The number of hydrogen-bond acceptors (Lipinski definition) is 2. The smallest absolute Gasteiger partial charge is 0.124 e. The second-order valence-electron chi connectivity index (χ2n) is 3.06. The zero-order valence-corrected chi connectivity index (χ0v) is 9.40. The molecular formula is C12H13FOS. The van der Waals surface area contributed by atoms with Crippen LogP contribution in [-0.4, -0.2) is 18.0 Å².